The third-order valence-electron chi connectivity index (χ3n) is 2.58. The summed E-state index contributed by atoms with van der Waals surface area (Å²) in [5.74, 6) is -0.126. The van der Waals surface area contributed by atoms with Gasteiger partial charge in [-0.25, -0.2) is 9.37 Å². The number of hydrogen-bond donors (Lipinski definition) is 1. The van der Waals surface area contributed by atoms with Crippen LogP contribution in [0, 0.1) is 19.7 Å². The summed E-state index contributed by atoms with van der Waals surface area (Å²) >= 11 is 0. The van der Waals surface area contributed by atoms with Crippen molar-refractivity contribution in [2.75, 3.05) is 5.32 Å². The topological polar surface area (TPSA) is 42.0 Å². The molecule has 3 nitrogen and oxygen atoms in total. The van der Waals surface area contributed by atoms with Gasteiger partial charge in [0.05, 0.1) is 0 Å². The molecule has 18 heavy (non-hydrogen) atoms. The minimum Gasteiger partial charge on any atom is -0.307 e. The molecule has 0 radical (unpaired) electrons. The van der Waals surface area contributed by atoms with Crippen molar-refractivity contribution in [3.05, 3.63) is 59.0 Å². The first-order valence-corrected chi connectivity index (χ1v) is 5.56. The number of amides is 1. The molecule has 92 valence electrons. The fourth-order valence-electron chi connectivity index (χ4n) is 1.58. The van der Waals surface area contributed by atoms with Crippen LogP contribution in [0.2, 0.25) is 0 Å². The second kappa shape index (κ2) is 4.96. The summed E-state index contributed by atoms with van der Waals surface area (Å²) in [5.41, 5.74) is 1.87. The molecule has 4 heteroatoms. The monoisotopic (exact) mass is 244 g/mol. The number of aromatic nitrogens is 1. The van der Waals surface area contributed by atoms with Gasteiger partial charge in [0.15, 0.2) is 0 Å². The third-order valence-corrected chi connectivity index (χ3v) is 2.58. The van der Waals surface area contributed by atoms with E-state index in [-0.39, 0.29) is 11.7 Å². The number of hydrogen-bond acceptors (Lipinski definition) is 2. The molecule has 0 saturated carbocycles. The van der Waals surface area contributed by atoms with Gasteiger partial charge in [0.2, 0.25) is 0 Å². The van der Waals surface area contributed by atoms with Crippen molar-refractivity contribution >= 4 is 11.7 Å². The molecule has 1 aromatic heterocycles. The van der Waals surface area contributed by atoms with E-state index in [4.69, 9.17) is 0 Å². The predicted octanol–water partition coefficient (Wildman–Crippen LogP) is 3.09. The molecule has 0 spiro atoms. The fourth-order valence-corrected chi connectivity index (χ4v) is 1.58. The van der Waals surface area contributed by atoms with Crippen LogP contribution in [0.4, 0.5) is 10.2 Å². The molecule has 0 aliphatic rings. The molecule has 2 rings (SSSR count). The van der Waals surface area contributed by atoms with E-state index in [1.807, 2.05) is 13.0 Å². The van der Waals surface area contributed by atoms with Crippen LogP contribution in [0.25, 0.3) is 0 Å². The van der Waals surface area contributed by atoms with Crippen LogP contribution in [-0.4, -0.2) is 10.9 Å². The highest BCUT2D eigenvalue weighted by Gasteiger charge is 2.08. The maximum atomic E-state index is 13.1. The van der Waals surface area contributed by atoms with E-state index in [1.165, 1.54) is 18.2 Å². The Balaban J connectivity index is 2.19. The molecule has 0 saturated heterocycles. The van der Waals surface area contributed by atoms with Crippen LogP contribution in [0.15, 0.2) is 36.5 Å². The van der Waals surface area contributed by atoms with Crippen LogP contribution in [0.3, 0.4) is 0 Å². The van der Waals surface area contributed by atoms with Crippen molar-refractivity contribution in [1.29, 1.82) is 0 Å². The molecule has 0 atom stereocenters. The zero-order valence-electron chi connectivity index (χ0n) is 10.2. The van der Waals surface area contributed by atoms with Gasteiger partial charge in [-0.1, -0.05) is 0 Å². The van der Waals surface area contributed by atoms with Gasteiger partial charge in [-0.3, -0.25) is 4.79 Å². The highest BCUT2D eigenvalue weighted by Crippen LogP contribution is 2.12. The number of aryl methyl sites for hydroxylation is 2. The molecule has 1 heterocycles. The van der Waals surface area contributed by atoms with Crippen molar-refractivity contribution in [3.63, 3.8) is 0 Å². The number of halogens is 1. The molecule has 0 unspecified atom stereocenters. The SMILES string of the molecule is Cc1ccnc(NC(=O)c2ccc(F)c(C)c2)c1. The lowest BCUT2D eigenvalue weighted by atomic mass is 10.1. The van der Waals surface area contributed by atoms with E-state index >= 15 is 0 Å². The van der Waals surface area contributed by atoms with E-state index in [9.17, 15) is 9.18 Å². The van der Waals surface area contributed by atoms with Crippen LogP contribution in [0.5, 0.6) is 0 Å². The van der Waals surface area contributed by atoms with Crippen LogP contribution in [0.1, 0.15) is 21.5 Å². The molecule has 1 aromatic carbocycles. The Morgan fingerprint density at radius 2 is 2.00 bits per heavy atom. The normalized spacial score (nSPS) is 10.2. The van der Waals surface area contributed by atoms with E-state index in [0.717, 1.165) is 5.56 Å². The number of nitrogens with zero attached hydrogens (tertiary/aromatic N) is 1. The second-order valence-corrected chi connectivity index (χ2v) is 4.14. The minimum atomic E-state index is -0.319. The lowest BCUT2D eigenvalue weighted by Gasteiger charge is -2.06. The number of carbonyl (C=O) groups is 1. The van der Waals surface area contributed by atoms with E-state index in [2.05, 4.69) is 10.3 Å². The molecule has 1 amide bonds. The average molecular weight is 244 g/mol. The van der Waals surface area contributed by atoms with Gasteiger partial charge in [0.1, 0.15) is 11.6 Å². The molecular formula is C14H13FN2O. The van der Waals surface area contributed by atoms with Gasteiger partial charge in [0.25, 0.3) is 5.91 Å². The Bertz CT molecular complexity index is 596. The minimum absolute atomic E-state index is 0.295. The molecule has 0 aliphatic carbocycles. The summed E-state index contributed by atoms with van der Waals surface area (Å²) in [6.07, 6.45) is 1.63. The van der Waals surface area contributed by atoms with Crippen molar-refractivity contribution < 1.29 is 9.18 Å². The Morgan fingerprint density at radius 3 is 2.67 bits per heavy atom. The number of anilines is 1. The first kappa shape index (κ1) is 12.2. The summed E-state index contributed by atoms with van der Waals surface area (Å²) in [7, 11) is 0. The Labute approximate surface area is 105 Å². The molecule has 0 fully saturated rings. The first-order valence-electron chi connectivity index (χ1n) is 5.56. The standard InChI is InChI=1S/C14H13FN2O/c1-9-5-6-16-13(7-9)17-14(18)11-3-4-12(15)10(2)8-11/h3-8H,1-2H3,(H,16,17,18). The molecule has 0 aliphatic heterocycles. The van der Waals surface area contributed by atoms with Crippen LogP contribution in [-0.2, 0) is 0 Å². The number of benzene rings is 1. The maximum Gasteiger partial charge on any atom is 0.256 e. The zero-order chi connectivity index (χ0) is 13.1. The summed E-state index contributed by atoms with van der Waals surface area (Å²) in [6.45, 7) is 3.54. The van der Waals surface area contributed by atoms with E-state index in [0.29, 0.717) is 16.9 Å². The van der Waals surface area contributed by atoms with E-state index < -0.39 is 0 Å². The van der Waals surface area contributed by atoms with Crippen molar-refractivity contribution in [1.82, 2.24) is 4.98 Å². The average Bonchev–Trinajstić information content (AvgIpc) is 2.32. The zero-order valence-corrected chi connectivity index (χ0v) is 10.2. The number of nitrogens with one attached hydrogen (secondary N) is 1. The van der Waals surface area contributed by atoms with E-state index in [1.54, 1.807) is 19.2 Å². The lowest BCUT2D eigenvalue weighted by Crippen LogP contribution is -2.13. The van der Waals surface area contributed by atoms with Crippen LogP contribution < -0.4 is 5.32 Å². The molecule has 2 aromatic rings. The lowest BCUT2D eigenvalue weighted by molar-refractivity contribution is 0.102. The van der Waals surface area contributed by atoms with Crippen molar-refractivity contribution in [2.45, 2.75) is 13.8 Å². The second-order valence-electron chi connectivity index (χ2n) is 4.14. The van der Waals surface area contributed by atoms with Crippen molar-refractivity contribution in [3.8, 4) is 0 Å². The Kier molecular flexibility index (Phi) is 3.37. The molecule has 0 bridgehead atoms. The van der Waals surface area contributed by atoms with Gasteiger partial charge < -0.3 is 5.32 Å². The van der Waals surface area contributed by atoms with Gasteiger partial charge in [-0.2, -0.15) is 0 Å². The first-order chi connectivity index (χ1) is 8.56. The third kappa shape index (κ3) is 2.71. The van der Waals surface area contributed by atoms with Crippen molar-refractivity contribution in [2.24, 2.45) is 0 Å². The number of pyridine rings is 1. The quantitative estimate of drug-likeness (QED) is 0.882. The Hall–Kier alpha value is -2.23. The van der Waals surface area contributed by atoms with Gasteiger partial charge in [0, 0.05) is 11.8 Å². The van der Waals surface area contributed by atoms with Crippen LogP contribution >= 0.6 is 0 Å². The van der Waals surface area contributed by atoms with Gasteiger partial charge in [-0.15, -0.1) is 0 Å². The largest absolute Gasteiger partial charge is 0.307 e. The summed E-state index contributed by atoms with van der Waals surface area (Å²) in [6, 6.07) is 7.87. The smallest absolute Gasteiger partial charge is 0.256 e. The highest BCUT2D eigenvalue weighted by atomic mass is 19.1. The Morgan fingerprint density at radius 1 is 1.22 bits per heavy atom. The summed E-state index contributed by atoms with van der Waals surface area (Å²) in [4.78, 5) is 16.0. The summed E-state index contributed by atoms with van der Waals surface area (Å²) < 4.78 is 13.1. The fraction of sp³-hybridized carbons (Fsp3) is 0.143. The highest BCUT2D eigenvalue weighted by molar-refractivity contribution is 6.03. The number of carbonyl (C=O) groups excluding carboxylic acids is 1. The number of rotatable bonds is 2. The summed E-state index contributed by atoms with van der Waals surface area (Å²) in [5, 5.41) is 2.67. The molecule has 1 N–H and O–H groups in total. The maximum absolute atomic E-state index is 13.1. The predicted molar refractivity (Wildman–Crippen MR) is 68.1 cm³/mol. The van der Waals surface area contributed by atoms with Gasteiger partial charge >= 0.3 is 0 Å². The van der Waals surface area contributed by atoms with Gasteiger partial charge in [-0.05, 0) is 55.3 Å². The molecular weight excluding hydrogens is 231 g/mol.